The first-order valence-corrected chi connectivity index (χ1v) is 9.42. The Balaban J connectivity index is 3.01. The average Bonchev–Trinajstić information content (AvgIpc) is 2.61. The molecule has 0 aliphatic rings. The zero-order valence-corrected chi connectivity index (χ0v) is 17.5. The molecule has 0 spiro atoms. The van der Waals surface area contributed by atoms with Gasteiger partial charge in [0.15, 0.2) is 5.78 Å². The molecule has 2 nitrogen and oxygen atoms in total. The van der Waals surface area contributed by atoms with Gasteiger partial charge in [-0.25, -0.2) is 0 Å². The van der Waals surface area contributed by atoms with E-state index in [1.165, 1.54) is 22.3 Å². The van der Waals surface area contributed by atoms with Crippen molar-refractivity contribution in [3.63, 3.8) is 0 Å². The van der Waals surface area contributed by atoms with Crippen molar-refractivity contribution in [1.82, 2.24) is 0 Å². The van der Waals surface area contributed by atoms with Crippen LogP contribution < -0.4 is 0 Å². The smallest absolute Gasteiger partial charge is 0.173 e. The van der Waals surface area contributed by atoms with Crippen molar-refractivity contribution in [1.29, 1.82) is 0 Å². The van der Waals surface area contributed by atoms with Crippen molar-refractivity contribution in [2.75, 3.05) is 6.61 Å². The number of aliphatic hydroxyl groups excluding tert-OH is 1. The highest BCUT2D eigenvalue weighted by Gasteiger charge is 2.42. The molecule has 2 heteroatoms. The summed E-state index contributed by atoms with van der Waals surface area (Å²) in [4.78, 5) is 13.3. The lowest BCUT2D eigenvalue weighted by Gasteiger charge is -2.36. The van der Waals surface area contributed by atoms with E-state index in [9.17, 15) is 9.90 Å². The van der Waals surface area contributed by atoms with E-state index in [2.05, 4.69) is 73.6 Å². The number of rotatable bonds is 5. The number of Topliss-reactive ketones (excluding diaryl/α,β-unsaturated/α-hetero) is 1. The molecule has 140 valence electrons. The highest BCUT2D eigenvalue weighted by molar-refractivity contribution is 5.95. The van der Waals surface area contributed by atoms with E-state index in [-0.39, 0.29) is 5.78 Å². The topological polar surface area (TPSA) is 37.3 Å². The fraction of sp³-hybridized carbons (Fsp3) is 0.458. The molecule has 1 atom stereocenters. The van der Waals surface area contributed by atoms with Gasteiger partial charge in [-0.15, -0.1) is 0 Å². The van der Waals surface area contributed by atoms with Crippen molar-refractivity contribution >= 4 is 5.78 Å². The zero-order valence-electron chi connectivity index (χ0n) is 17.5. The van der Waals surface area contributed by atoms with E-state index in [0.717, 1.165) is 27.8 Å². The number of aliphatic hydroxyl groups is 1. The highest BCUT2D eigenvalue weighted by atomic mass is 16.3. The fourth-order valence-corrected chi connectivity index (χ4v) is 4.30. The second-order valence-electron chi connectivity index (χ2n) is 7.71. The van der Waals surface area contributed by atoms with Gasteiger partial charge in [0.25, 0.3) is 0 Å². The number of ketones is 1. The van der Waals surface area contributed by atoms with Crippen LogP contribution in [0.2, 0.25) is 0 Å². The van der Waals surface area contributed by atoms with Gasteiger partial charge in [-0.05, 0) is 99.4 Å². The van der Waals surface area contributed by atoms with Crippen LogP contribution in [0.1, 0.15) is 63.4 Å². The minimum absolute atomic E-state index is 0.126. The lowest BCUT2D eigenvalue weighted by molar-refractivity contribution is -0.126. The summed E-state index contributed by atoms with van der Waals surface area (Å²) < 4.78 is 0. The number of carbonyl (C=O) groups excluding carboxylic acids is 1. The average molecular weight is 353 g/mol. The lowest BCUT2D eigenvalue weighted by Crippen LogP contribution is -2.40. The van der Waals surface area contributed by atoms with E-state index in [0.29, 0.717) is 6.42 Å². The Hall–Kier alpha value is -1.93. The summed E-state index contributed by atoms with van der Waals surface area (Å²) >= 11 is 0. The third kappa shape index (κ3) is 3.01. The van der Waals surface area contributed by atoms with Gasteiger partial charge in [0.1, 0.15) is 6.61 Å². The molecule has 0 saturated heterocycles. The number of hydrogen-bond donors (Lipinski definition) is 1. The van der Waals surface area contributed by atoms with E-state index >= 15 is 0 Å². The minimum Gasteiger partial charge on any atom is -0.389 e. The number of carbonyl (C=O) groups is 1. The fourth-order valence-electron chi connectivity index (χ4n) is 4.30. The molecule has 1 unspecified atom stereocenters. The molecular weight excluding hydrogens is 320 g/mol. The van der Waals surface area contributed by atoms with Gasteiger partial charge in [0, 0.05) is 0 Å². The second kappa shape index (κ2) is 7.36. The maximum absolute atomic E-state index is 13.3. The molecule has 2 aromatic rings. The van der Waals surface area contributed by atoms with Crippen molar-refractivity contribution in [3.8, 4) is 0 Å². The predicted octanol–water partition coefficient (Wildman–Crippen LogP) is 5.10. The SMILES string of the molecule is CCC(C(=O)CO)(c1cc(C)cc(C)c1C)c1cc(C)c(C)c(C)c1C. The van der Waals surface area contributed by atoms with Crippen molar-refractivity contribution in [2.24, 2.45) is 0 Å². The van der Waals surface area contributed by atoms with Crippen LogP contribution in [-0.4, -0.2) is 17.5 Å². The normalized spacial score (nSPS) is 13.6. The maximum atomic E-state index is 13.3. The maximum Gasteiger partial charge on any atom is 0.173 e. The van der Waals surface area contributed by atoms with E-state index < -0.39 is 12.0 Å². The number of hydrogen-bond acceptors (Lipinski definition) is 2. The van der Waals surface area contributed by atoms with Gasteiger partial charge >= 0.3 is 0 Å². The molecule has 0 saturated carbocycles. The van der Waals surface area contributed by atoms with Crippen molar-refractivity contribution in [3.05, 3.63) is 68.3 Å². The third-order valence-electron chi connectivity index (χ3n) is 6.36. The molecule has 2 rings (SSSR count). The lowest BCUT2D eigenvalue weighted by atomic mass is 9.65. The minimum atomic E-state index is -0.817. The molecule has 0 radical (unpaired) electrons. The van der Waals surface area contributed by atoms with Crippen molar-refractivity contribution in [2.45, 2.75) is 67.2 Å². The summed E-state index contributed by atoms with van der Waals surface area (Å²) in [5.74, 6) is -0.126. The van der Waals surface area contributed by atoms with Crippen LogP contribution in [0, 0.1) is 48.5 Å². The first-order valence-electron chi connectivity index (χ1n) is 9.42. The van der Waals surface area contributed by atoms with Crippen LogP contribution in [0.15, 0.2) is 18.2 Å². The summed E-state index contributed by atoms with van der Waals surface area (Å²) in [5, 5.41) is 9.89. The predicted molar refractivity (Wildman–Crippen MR) is 109 cm³/mol. The Kier molecular flexibility index (Phi) is 5.77. The Labute approximate surface area is 158 Å². The molecule has 0 fully saturated rings. The van der Waals surface area contributed by atoms with Crippen LogP contribution in [-0.2, 0) is 10.2 Å². The molecule has 0 aliphatic carbocycles. The zero-order chi connectivity index (χ0) is 19.8. The van der Waals surface area contributed by atoms with Gasteiger partial charge < -0.3 is 5.11 Å². The number of benzene rings is 2. The Bertz CT molecular complexity index is 861. The summed E-state index contributed by atoms with van der Waals surface area (Å²) in [6, 6.07) is 6.44. The van der Waals surface area contributed by atoms with E-state index in [1.54, 1.807) is 0 Å². The molecular formula is C24H32O2. The van der Waals surface area contributed by atoms with Gasteiger partial charge in [0.05, 0.1) is 5.41 Å². The first-order chi connectivity index (χ1) is 12.1. The van der Waals surface area contributed by atoms with E-state index in [4.69, 9.17) is 0 Å². The third-order valence-corrected chi connectivity index (χ3v) is 6.36. The summed E-state index contributed by atoms with van der Waals surface area (Å²) in [6.07, 6.45) is 0.624. The quantitative estimate of drug-likeness (QED) is 0.812. The molecule has 0 aromatic heterocycles. The molecule has 0 heterocycles. The summed E-state index contributed by atoms with van der Waals surface area (Å²) in [6.45, 7) is 16.3. The summed E-state index contributed by atoms with van der Waals surface area (Å²) in [7, 11) is 0. The molecule has 0 amide bonds. The van der Waals surface area contributed by atoms with Crippen LogP contribution in [0.4, 0.5) is 0 Å². The van der Waals surface area contributed by atoms with Gasteiger partial charge in [-0.1, -0.05) is 30.7 Å². The van der Waals surface area contributed by atoms with Crippen LogP contribution in [0.25, 0.3) is 0 Å². The largest absolute Gasteiger partial charge is 0.389 e. The Morgan fingerprint density at radius 1 is 0.808 bits per heavy atom. The number of aryl methyl sites for hydroxylation is 3. The highest BCUT2D eigenvalue weighted by Crippen LogP contribution is 2.42. The molecule has 0 bridgehead atoms. The van der Waals surface area contributed by atoms with Crippen molar-refractivity contribution < 1.29 is 9.90 Å². The van der Waals surface area contributed by atoms with E-state index in [1.807, 2.05) is 0 Å². The first kappa shape index (κ1) is 20.4. The van der Waals surface area contributed by atoms with Gasteiger partial charge in [0.2, 0.25) is 0 Å². The Morgan fingerprint density at radius 2 is 1.35 bits per heavy atom. The Morgan fingerprint density at radius 3 is 1.88 bits per heavy atom. The monoisotopic (exact) mass is 352 g/mol. The molecule has 26 heavy (non-hydrogen) atoms. The van der Waals surface area contributed by atoms with Crippen LogP contribution in [0.3, 0.4) is 0 Å². The summed E-state index contributed by atoms with van der Waals surface area (Å²) in [5.41, 5.74) is 9.54. The molecule has 1 N–H and O–H groups in total. The van der Waals surface area contributed by atoms with Gasteiger partial charge in [-0.2, -0.15) is 0 Å². The standard InChI is InChI=1S/C24H32O2/c1-9-24(23(26)13-25,21-11-14(2)10-15(3)18(21)6)22-12-16(4)17(5)19(7)20(22)8/h10-12,25H,9,13H2,1-8H3. The van der Waals surface area contributed by atoms with Crippen LogP contribution >= 0.6 is 0 Å². The second-order valence-corrected chi connectivity index (χ2v) is 7.71. The molecule has 0 aliphatic heterocycles. The van der Waals surface area contributed by atoms with Gasteiger partial charge in [-0.3, -0.25) is 4.79 Å². The van der Waals surface area contributed by atoms with Crippen LogP contribution in [0.5, 0.6) is 0 Å². The molecule has 2 aromatic carbocycles.